The van der Waals surface area contributed by atoms with Crippen molar-refractivity contribution in [1.82, 2.24) is 20.0 Å². The van der Waals surface area contributed by atoms with Crippen LogP contribution in [0, 0.1) is 5.92 Å². The number of urea groups is 1. The van der Waals surface area contributed by atoms with Crippen molar-refractivity contribution in [3.05, 3.63) is 71.8 Å². The lowest BCUT2D eigenvalue weighted by atomic mass is 9.83. The van der Waals surface area contributed by atoms with Gasteiger partial charge < -0.3 is 10.2 Å². The van der Waals surface area contributed by atoms with Crippen molar-refractivity contribution in [2.24, 2.45) is 5.92 Å². The number of rotatable bonds is 6. The van der Waals surface area contributed by atoms with Crippen LogP contribution in [0.4, 0.5) is 4.79 Å². The largest absolute Gasteiger partial charge is 0.340 e. The van der Waals surface area contributed by atoms with Crippen LogP contribution in [0.3, 0.4) is 0 Å². The van der Waals surface area contributed by atoms with Gasteiger partial charge in [0.2, 0.25) is 5.91 Å². The summed E-state index contributed by atoms with van der Waals surface area (Å²) in [6.07, 6.45) is 2.40. The highest BCUT2D eigenvalue weighted by atomic mass is 16.2. The fraction of sp³-hybridized carbons (Fsp3) is 0.400. The lowest BCUT2D eigenvalue weighted by Gasteiger charge is -2.36. The highest BCUT2D eigenvalue weighted by Gasteiger charge is 2.52. The van der Waals surface area contributed by atoms with Crippen molar-refractivity contribution in [3.63, 3.8) is 0 Å². The van der Waals surface area contributed by atoms with E-state index in [-0.39, 0.29) is 30.4 Å². The second kappa shape index (κ2) is 8.39. The molecule has 166 valence electrons. The number of nitrogens with one attached hydrogen (secondary N) is 1. The van der Waals surface area contributed by atoms with Crippen molar-refractivity contribution >= 4 is 17.8 Å². The van der Waals surface area contributed by atoms with Crippen LogP contribution in [0.1, 0.15) is 24.0 Å². The van der Waals surface area contributed by atoms with Gasteiger partial charge in [-0.2, -0.15) is 0 Å². The van der Waals surface area contributed by atoms with E-state index < -0.39 is 5.54 Å². The number of carbonyl (C=O) groups is 3. The van der Waals surface area contributed by atoms with Crippen LogP contribution < -0.4 is 5.32 Å². The summed E-state index contributed by atoms with van der Waals surface area (Å²) in [4.78, 5) is 44.4. The summed E-state index contributed by atoms with van der Waals surface area (Å²) in [6.45, 7) is 2.85. The first kappa shape index (κ1) is 20.7. The zero-order valence-electron chi connectivity index (χ0n) is 18.1. The Balaban J connectivity index is 1.33. The summed E-state index contributed by atoms with van der Waals surface area (Å²) in [7, 11) is 0. The SMILES string of the molecule is O=C(C1CC1)N1CCN(CN2C(=O)N[C@](Cc3ccccc3)(c3ccccc3)C2=O)CC1. The number of hydrogen-bond acceptors (Lipinski definition) is 4. The molecule has 2 aromatic carbocycles. The highest BCUT2D eigenvalue weighted by molar-refractivity contribution is 6.07. The molecule has 1 aliphatic carbocycles. The second-order valence-corrected chi connectivity index (χ2v) is 8.96. The van der Waals surface area contributed by atoms with E-state index in [4.69, 9.17) is 0 Å². The van der Waals surface area contributed by atoms with E-state index in [0.717, 1.165) is 24.0 Å². The van der Waals surface area contributed by atoms with Crippen LogP contribution in [0.5, 0.6) is 0 Å². The summed E-state index contributed by atoms with van der Waals surface area (Å²) in [6, 6.07) is 18.9. The number of benzene rings is 2. The summed E-state index contributed by atoms with van der Waals surface area (Å²) in [5, 5.41) is 3.02. The molecule has 7 nitrogen and oxygen atoms in total. The molecule has 0 bridgehead atoms. The summed E-state index contributed by atoms with van der Waals surface area (Å²) < 4.78 is 0. The van der Waals surface area contributed by atoms with E-state index in [1.54, 1.807) is 0 Å². The Labute approximate surface area is 188 Å². The Bertz CT molecular complexity index is 1000. The second-order valence-electron chi connectivity index (χ2n) is 8.96. The molecule has 0 radical (unpaired) electrons. The van der Waals surface area contributed by atoms with Gasteiger partial charge in [-0.1, -0.05) is 60.7 Å². The third-order valence-corrected chi connectivity index (χ3v) is 6.71. The molecule has 2 saturated heterocycles. The topological polar surface area (TPSA) is 73.0 Å². The molecule has 2 aromatic rings. The molecule has 1 atom stereocenters. The summed E-state index contributed by atoms with van der Waals surface area (Å²) in [5.41, 5.74) is 0.646. The van der Waals surface area contributed by atoms with E-state index in [9.17, 15) is 14.4 Å². The number of hydrogen-bond donors (Lipinski definition) is 1. The number of nitrogens with zero attached hydrogens (tertiary/aromatic N) is 3. The van der Waals surface area contributed by atoms with E-state index >= 15 is 0 Å². The molecule has 5 rings (SSSR count). The molecule has 0 unspecified atom stereocenters. The molecule has 2 heterocycles. The van der Waals surface area contributed by atoms with Crippen molar-refractivity contribution in [1.29, 1.82) is 0 Å². The van der Waals surface area contributed by atoms with E-state index in [1.165, 1.54) is 4.90 Å². The monoisotopic (exact) mass is 432 g/mol. The first-order chi connectivity index (χ1) is 15.6. The lowest BCUT2D eigenvalue weighted by molar-refractivity contribution is -0.137. The van der Waals surface area contributed by atoms with Crippen molar-refractivity contribution in [2.45, 2.75) is 24.8 Å². The Morgan fingerprint density at radius 1 is 0.906 bits per heavy atom. The molecular weight excluding hydrogens is 404 g/mol. The Morgan fingerprint density at radius 3 is 2.16 bits per heavy atom. The average Bonchev–Trinajstić information content (AvgIpc) is 3.65. The fourth-order valence-corrected chi connectivity index (χ4v) is 4.69. The third-order valence-electron chi connectivity index (χ3n) is 6.71. The number of imide groups is 1. The van der Waals surface area contributed by atoms with Crippen LogP contribution in [0.2, 0.25) is 0 Å². The predicted molar refractivity (Wildman–Crippen MR) is 119 cm³/mol. The van der Waals surface area contributed by atoms with Gasteiger partial charge in [-0.15, -0.1) is 0 Å². The standard InChI is InChI=1S/C25H28N4O3/c30-22(20-11-12-20)28-15-13-27(14-16-28)18-29-23(31)25(26-24(29)32,21-9-5-2-6-10-21)17-19-7-3-1-4-8-19/h1-10,20H,11-18H2,(H,26,32)/t25-/m1/s1. The molecule has 2 aliphatic heterocycles. The minimum Gasteiger partial charge on any atom is -0.340 e. The fourth-order valence-electron chi connectivity index (χ4n) is 4.69. The smallest absolute Gasteiger partial charge is 0.326 e. The molecule has 0 spiro atoms. The Morgan fingerprint density at radius 2 is 1.53 bits per heavy atom. The van der Waals surface area contributed by atoms with Crippen LogP contribution in [0.15, 0.2) is 60.7 Å². The highest BCUT2D eigenvalue weighted by Crippen LogP contribution is 2.34. The van der Waals surface area contributed by atoms with Crippen LogP contribution >= 0.6 is 0 Å². The van der Waals surface area contributed by atoms with Crippen LogP contribution in [-0.4, -0.2) is 65.4 Å². The predicted octanol–water partition coefficient (Wildman–Crippen LogP) is 2.19. The quantitative estimate of drug-likeness (QED) is 0.711. The molecule has 7 heteroatoms. The zero-order chi connectivity index (χ0) is 22.1. The van der Waals surface area contributed by atoms with Crippen molar-refractivity contribution in [3.8, 4) is 0 Å². The summed E-state index contributed by atoms with van der Waals surface area (Å²) in [5.74, 6) is 0.247. The van der Waals surface area contributed by atoms with Crippen LogP contribution in [-0.2, 0) is 21.5 Å². The van der Waals surface area contributed by atoms with E-state index in [0.29, 0.717) is 32.6 Å². The van der Waals surface area contributed by atoms with Gasteiger partial charge in [-0.25, -0.2) is 9.69 Å². The van der Waals surface area contributed by atoms with Gasteiger partial charge in [0.05, 0.1) is 6.67 Å². The molecule has 4 amide bonds. The zero-order valence-corrected chi connectivity index (χ0v) is 18.1. The van der Waals surface area contributed by atoms with Crippen molar-refractivity contribution < 1.29 is 14.4 Å². The first-order valence-electron chi connectivity index (χ1n) is 11.3. The normalized spacial score (nSPS) is 24.0. The van der Waals surface area contributed by atoms with E-state index in [2.05, 4.69) is 10.2 Å². The van der Waals surface area contributed by atoms with Crippen LogP contribution in [0.25, 0.3) is 0 Å². The molecule has 3 fully saturated rings. The Hall–Kier alpha value is -3.19. The average molecular weight is 433 g/mol. The minimum atomic E-state index is -1.12. The van der Waals surface area contributed by atoms with Gasteiger partial charge in [0.25, 0.3) is 5.91 Å². The molecular formula is C25H28N4O3. The third kappa shape index (κ3) is 3.88. The van der Waals surface area contributed by atoms with Gasteiger partial charge in [0, 0.05) is 38.5 Å². The molecule has 1 saturated carbocycles. The Kier molecular flexibility index (Phi) is 5.43. The van der Waals surface area contributed by atoms with E-state index in [1.807, 2.05) is 65.6 Å². The maximum atomic E-state index is 13.7. The number of piperazine rings is 1. The molecule has 0 aromatic heterocycles. The minimum absolute atomic E-state index is 0.219. The maximum absolute atomic E-state index is 13.7. The summed E-state index contributed by atoms with van der Waals surface area (Å²) >= 11 is 0. The van der Waals surface area contributed by atoms with Crippen molar-refractivity contribution in [2.75, 3.05) is 32.8 Å². The number of carbonyl (C=O) groups excluding carboxylic acids is 3. The molecule has 32 heavy (non-hydrogen) atoms. The maximum Gasteiger partial charge on any atom is 0.326 e. The molecule has 1 N–H and O–H groups in total. The van der Waals surface area contributed by atoms with Gasteiger partial charge >= 0.3 is 6.03 Å². The lowest BCUT2D eigenvalue weighted by Crippen LogP contribution is -2.53. The van der Waals surface area contributed by atoms with Gasteiger partial charge in [0.15, 0.2) is 5.54 Å². The van der Waals surface area contributed by atoms with Gasteiger partial charge in [0.1, 0.15) is 0 Å². The molecule has 3 aliphatic rings. The number of amides is 4. The first-order valence-corrected chi connectivity index (χ1v) is 11.3. The van der Waals surface area contributed by atoms with Gasteiger partial charge in [-0.3, -0.25) is 14.5 Å². The van der Waals surface area contributed by atoms with Gasteiger partial charge in [-0.05, 0) is 24.0 Å².